The molecular formula is C12H14Br2O3. The standard InChI is InChI=1S/C12H14Br2O3/c1-3-17-11(15)6-8-4-10(16-2)5-9(7-13)12(8)14/h4-5H,3,6-7H2,1-2H3. The Kier molecular flexibility index (Phi) is 5.98. The minimum Gasteiger partial charge on any atom is -0.497 e. The van der Waals surface area contributed by atoms with E-state index in [9.17, 15) is 4.79 Å². The SMILES string of the molecule is CCOC(=O)Cc1cc(OC)cc(CBr)c1Br. The largest absolute Gasteiger partial charge is 0.497 e. The number of carbonyl (C=O) groups is 1. The molecule has 0 amide bonds. The van der Waals surface area contributed by atoms with Gasteiger partial charge in [-0.2, -0.15) is 0 Å². The Labute approximate surface area is 118 Å². The topological polar surface area (TPSA) is 35.5 Å². The zero-order valence-electron chi connectivity index (χ0n) is 9.76. The molecule has 0 fully saturated rings. The van der Waals surface area contributed by atoms with Crippen LogP contribution in [0.25, 0.3) is 0 Å². The van der Waals surface area contributed by atoms with Crippen LogP contribution in [0.2, 0.25) is 0 Å². The summed E-state index contributed by atoms with van der Waals surface area (Å²) < 4.78 is 11.1. The summed E-state index contributed by atoms with van der Waals surface area (Å²) in [5.74, 6) is 0.504. The third kappa shape index (κ3) is 4.00. The van der Waals surface area contributed by atoms with Crippen LogP contribution in [0, 0.1) is 0 Å². The molecule has 0 aliphatic rings. The Bertz CT molecular complexity index is 405. The van der Waals surface area contributed by atoms with Crippen LogP contribution in [0.1, 0.15) is 18.1 Å². The summed E-state index contributed by atoms with van der Waals surface area (Å²) >= 11 is 6.89. The minimum atomic E-state index is -0.234. The monoisotopic (exact) mass is 364 g/mol. The number of rotatable bonds is 5. The minimum absolute atomic E-state index is 0.234. The summed E-state index contributed by atoms with van der Waals surface area (Å²) in [5, 5.41) is 0.695. The van der Waals surface area contributed by atoms with E-state index in [0.29, 0.717) is 11.9 Å². The first-order chi connectivity index (χ1) is 8.12. The fourth-order valence-electron chi connectivity index (χ4n) is 1.43. The molecule has 1 rings (SSSR count). The molecule has 5 heteroatoms. The van der Waals surface area contributed by atoms with Gasteiger partial charge >= 0.3 is 5.97 Å². The van der Waals surface area contributed by atoms with Gasteiger partial charge in [0, 0.05) is 9.80 Å². The highest BCUT2D eigenvalue weighted by atomic mass is 79.9. The molecule has 3 nitrogen and oxygen atoms in total. The predicted octanol–water partition coefficient (Wildman–Crippen LogP) is 3.46. The van der Waals surface area contributed by atoms with Gasteiger partial charge in [0.05, 0.1) is 20.1 Å². The lowest BCUT2D eigenvalue weighted by Crippen LogP contribution is -2.08. The number of hydrogen-bond donors (Lipinski definition) is 0. The lowest BCUT2D eigenvalue weighted by atomic mass is 10.1. The molecule has 0 aliphatic heterocycles. The molecule has 0 aromatic heterocycles. The van der Waals surface area contributed by atoms with Gasteiger partial charge in [0.25, 0.3) is 0 Å². The van der Waals surface area contributed by atoms with Crippen molar-refractivity contribution in [3.8, 4) is 5.75 Å². The van der Waals surface area contributed by atoms with E-state index >= 15 is 0 Å². The number of esters is 1. The fourth-order valence-corrected chi connectivity index (χ4v) is 2.76. The molecule has 0 saturated heterocycles. The zero-order chi connectivity index (χ0) is 12.8. The second kappa shape index (κ2) is 7.01. The van der Waals surface area contributed by atoms with Gasteiger partial charge in [0.15, 0.2) is 0 Å². The third-order valence-corrected chi connectivity index (χ3v) is 3.84. The quantitative estimate of drug-likeness (QED) is 0.592. The smallest absolute Gasteiger partial charge is 0.310 e. The van der Waals surface area contributed by atoms with Gasteiger partial charge in [-0.15, -0.1) is 0 Å². The molecule has 1 aromatic rings. The second-order valence-corrected chi connectivity index (χ2v) is 4.73. The number of hydrogen-bond acceptors (Lipinski definition) is 3. The Hall–Kier alpha value is -0.550. The molecule has 17 heavy (non-hydrogen) atoms. The third-order valence-electron chi connectivity index (χ3n) is 2.22. The summed E-state index contributed by atoms with van der Waals surface area (Å²) in [6.45, 7) is 2.19. The van der Waals surface area contributed by atoms with Crippen LogP contribution < -0.4 is 4.74 Å². The molecule has 0 heterocycles. The summed E-state index contributed by atoms with van der Waals surface area (Å²) in [6.07, 6.45) is 0.242. The Morgan fingerprint density at radius 2 is 2.00 bits per heavy atom. The van der Waals surface area contributed by atoms with E-state index in [2.05, 4.69) is 31.9 Å². The lowest BCUT2D eigenvalue weighted by Gasteiger charge is -2.11. The fraction of sp³-hybridized carbons (Fsp3) is 0.417. The maximum atomic E-state index is 11.5. The molecule has 1 aromatic carbocycles. The van der Waals surface area contributed by atoms with Gasteiger partial charge in [-0.25, -0.2) is 0 Å². The van der Waals surface area contributed by atoms with E-state index in [4.69, 9.17) is 9.47 Å². The number of methoxy groups -OCH3 is 1. The molecule has 0 unspecified atom stereocenters. The number of carbonyl (C=O) groups excluding carboxylic acids is 1. The average molecular weight is 366 g/mol. The predicted molar refractivity (Wildman–Crippen MR) is 73.7 cm³/mol. The summed E-state index contributed by atoms with van der Waals surface area (Å²) in [7, 11) is 1.61. The first kappa shape index (κ1) is 14.5. The molecular weight excluding hydrogens is 352 g/mol. The Morgan fingerprint density at radius 1 is 1.35 bits per heavy atom. The maximum Gasteiger partial charge on any atom is 0.310 e. The first-order valence-corrected chi connectivity index (χ1v) is 7.10. The van der Waals surface area contributed by atoms with Crippen molar-refractivity contribution in [2.75, 3.05) is 13.7 Å². The van der Waals surface area contributed by atoms with Crippen LogP contribution in [0.5, 0.6) is 5.75 Å². The Morgan fingerprint density at radius 3 is 2.53 bits per heavy atom. The van der Waals surface area contributed by atoms with Crippen LogP contribution >= 0.6 is 31.9 Å². The Balaban J connectivity index is 3.00. The average Bonchev–Trinajstić information content (AvgIpc) is 2.32. The molecule has 0 spiro atoms. The number of ether oxygens (including phenoxy) is 2. The number of halogens is 2. The van der Waals surface area contributed by atoms with Crippen molar-refractivity contribution in [1.82, 2.24) is 0 Å². The van der Waals surface area contributed by atoms with Crippen LogP contribution in [0.15, 0.2) is 16.6 Å². The van der Waals surface area contributed by atoms with E-state index < -0.39 is 0 Å². The highest BCUT2D eigenvalue weighted by Crippen LogP contribution is 2.29. The number of benzene rings is 1. The van der Waals surface area contributed by atoms with Crippen LogP contribution in [-0.2, 0) is 21.3 Å². The van der Waals surface area contributed by atoms with Crippen molar-refractivity contribution in [3.63, 3.8) is 0 Å². The zero-order valence-corrected chi connectivity index (χ0v) is 12.9. The van der Waals surface area contributed by atoms with E-state index in [1.165, 1.54) is 0 Å². The molecule has 0 radical (unpaired) electrons. The van der Waals surface area contributed by atoms with E-state index in [0.717, 1.165) is 21.3 Å². The second-order valence-electron chi connectivity index (χ2n) is 3.38. The van der Waals surface area contributed by atoms with Crippen LogP contribution in [0.4, 0.5) is 0 Å². The first-order valence-electron chi connectivity index (χ1n) is 5.19. The van der Waals surface area contributed by atoms with Gasteiger partial charge in [-0.05, 0) is 30.2 Å². The lowest BCUT2D eigenvalue weighted by molar-refractivity contribution is -0.142. The van der Waals surface area contributed by atoms with Gasteiger partial charge in [0.2, 0.25) is 0 Å². The van der Waals surface area contributed by atoms with Crippen LogP contribution in [-0.4, -0.2) is 19.7 Å². The van der Waals surface area contributed by atoms with E-state index in [1.54, 1.807) is 14.0 Å². The van der Waals surface area contributed by atoms with Crippen molar-refractivity contribution in [1.29, 1.82) is 0 Å². The summed E-state index contributed by atoms with van der Waals surface area (Å²) in [4.78, 5) is 11.5. The van der Waals surface area contributed by atoms with E-state index in [-0.39, 0.29) is 12.4 Å². The highest BCUT2D eigenvalue weighted by molar-refractivity contribution is 9.10. The van der Waals surface area contributed by atoms with Crippen molar-refractivity contribution in [3.05, 3.63) is 27.7 Å². The van der Waals surface area contributed by atoms with Crippen LogP contribution in [0.3, 0.4) is 0 Å². The maximum absolute atomic E-state index is 11.5. The summed E-state index contributed by atoms with van der Waals surface area (Å²) in [6, 6.07) is 3.76. The molecule has 0 atom stereocenters. The van der Waals surface area contributed by atoms with Crippen molar-refractivity contribution < 1.29 is 14.3 Å². The molecule has 0 aliphatic carbocycles. The summed E-state index contributed by atoms with van der Waals surface area (Å²) in [5.41, 5.74) is 1.92. The molecule has 0 bridgehead atoms. The van der Waals surface area contributed by atoms with Crippen molar-refractivity contribution >= 4 is 37.8 Å². The van der Waals surface area contributed by atoms with Gasteiger partial charge in [-0.1, -0.05) is 31.9 Å². The highest BCUT2D eigenvalue weighted by Gasteiger charge is 2.12. The molecule has 94 valence electrons. The van der Waals surface area contributed by atoms with Gasteiger partial charge in [-0.3, -0.25) is 4.79 Å². The van der Waals surface area contributed by atoms with Crippen molar-refractivity contribution in [2.24, 2.45) is 0 Å². The van der Waals surface area contributed by atoms with Gasteiger partial charge in [0.1, 0.15) is 5.75 Å². The molecule has 0 N–H and O–H groups in total. The van der Waals surface area contributed by atoms with Crippen molar-refractivity contribution in [2.45, 2.75) is 18.7 Å². The number of alkyl halides is 1. The molecule has 0 saturated carbocycles. The van der Waals surface area contributed by atoms with Gasteiger partial charge < -0.3 is 9.47 Å². The van der Waals surface area contributed by atoms with E-state index in [1.807, 2.05) is 12.1 Å². The normalized spacial score (nSPS) is 10.1.